The minimum absolute atomic E-state index is 0.0248. The Morgan fingerprint density at radius 2 is 2.21 bits per heavy atom. The van der Waals surface area contributed by atoms with Gasteiger partial charge in [0.2, 0.25) is 5.43 Å². The molecule has 0 bridgehead atoms. The van der Waals surface area contributed by atoms with Crippen LogP contribution in [0.1, 0.15) is 23.8 Å². The first-order chi connectivity index (χ1) is 9.13. The van der Waals surface area contributed by atoms with Gasteiger partial charge in [0.25, 0.3) is 5.91 Å². The van der Waals surface area contributed by atoms with Crippen LogP contribution in [0.25, 0.3) is 10.9 Å². The van der Waals surface area contributed by atoms with Gasteiger partial charge in [0.1, 0.15) is 0 Å². The summed E-state index contributed by atoms with van der Waals surface area (Å²) < 4.78 is 0. The molecule has 2 aromatic rings. The number of aliphatic hydroxyl groups is 1. The van der Waals surface area contributed by atoms with Crippen LogP contribution >= 0.6 is 0 Å². The number of benzene rings is 1. The third-order valence-electron chi connectivity index (χ3n) is 2.83. The average Bonchev–Trinajstić information content (AvgIpc) is 2.39. The van der Waals surface area contributed by atoms with Crippen molar-refractivity contribution in [2.24, 2.45) is 0 Å². The SMILES string of the molecule is CC(CCO)NC(=O)c1n[nH]c2ccccc2c1=O. The zero-order chi connectivity index (χ0) is 13.8. The standard InChI is InChI=1S/C13H15N3O3/c1-8(6-7-17)14-13(19)11-12(18)9-4-2-3-5-10(9)15-16-11/h2-5,8,17H,6-7H2,1H3,(H,14,19)(H,15,18). The Morgan fingerprint density at radius 1 is 1.47 bits per heavy atom. The van der Waals surface area contributed by atoms with Crippen LogP contribution in [0.3, 0.4) is 0 Å². The third-order valence-corrected chi connectivity index (χ3v) is 2.83. The Hall–Kier alpha value is -2.21. The van der Waals surface area contributed by atoms with Crippen molar-refractivity contribution in [3.63, 3.8) is 0 Å². The van der Waals surface area contributed by atoms with Gasteiger partial charge in [-0.05, 0) is 25.5 Å². The first-order valence-electron chi connectivity index (χ1n) is 6.02. The van der Waals surface area contributed by atoms with Crippen molar-refractivity contribution in [3.8, 4) is 0 Å². The lowest BCUT2D eigenvalue weighted by Gasteiger charge is -2.11. The lowest BCUT2D eigenvalue weighted by Crippen LogP contribution is -2.37. The highest BCUT2D eigenvalue weighted by molar-refractivity contribution is 5.95. The highest BCUT2D eigenvalue weighted by atomic mass is 16.3. The fourth-order valence-corrected chi connectivity index (χ4v) is 1.78. The number of nitrogens with one attached hydrogen (secondary N) is 2. The fourth-order valence-electron chi connectivity index (χ4n) is 1.78. The molecule has 1 aromatic carbocycles. The van der Waals surface area contributed by atoms with Crippen LogP contribution in [-0.2, 0) is 0 Å². The Balaban J connectivity index is 2.33. The van der Waals surface area contributed by atoms with E-state index in [1.807, 2.05) is 0 Å². The molecule has 0 fully saturated rings. The smallest absolute Gasteiger partial charge is 0.276 e. The van der Waals surface area contributed by atoms with Gasteiger partial charge < -0.3 is 10.4 Å². The summed E-state index contributed by atoms with van der Waals surface area (Å²) in [5.41, 5.74) is 0.0268. The summed E-state index contributed by atoms with van der Waals surface area (Å²) in [6.07, 6.45) is 0.428. The van der Waals surface area contributed by atoms with E-state index in [-0.39, 0.29) is 18.3 Å². The molecule has 1 heterocycles. The van der Waals surface area contributed by atoms with Crippen molar-refractivity contribution in [2.75, 3.05) is 6.61 Å². The number of amides is 1. The quantitative estimate of drug-likeness (QED) is 0.743. The number of aromatic amines is 1. The summed E-state index contributed by atoms with van der Waals surface area (Å²) in [4.78, 5) is 24.0. The fraction of sp³-hybridized carbons (Fsp3) is 0.308. The number of hydrogen-bond acceptors (Lipinski definition) is 4. The molecular formula is C13H15N3O3. The van der Waals surface area contributed by atoms with Crippen LogP contribution in [0.4, 0.5) is 0 Å². The summed E-state index contributed by atoms with van der Waals surface area (Å²) in [6.45, 7) is 1.73. The van der Waals surface area contributed by atoms with Gasteiger partial charge in [0.15, 0.2) is 5.69 Å². The first-order valence-corrected chi connectivity index (χ1v) is 6.02. The van der Waals surface area contributed by atoms with E-state index in [0.717, 1.165) is 0 Å². The summed E-state index contributed by atoms with van der Waals surface area (Å²) in [5, 5.41) is 18.3. The molecule has 0 aliphatic heterocycles. The van der Waals surface area contributed by atoms with E-state index in [1.54, 1.807) is 31.2 Å². The lowest BCUT2D eigenvalue weighted by molar-refractivity contribution is 0.0927. The van der Waals surface area contributed by atoms with Gasteiger partial charge in [-0.2, -0.15) is 5.10 Å². The number of fused-ring (bicyclic) bond motifs is 1. The average molecular weight is 261 g/mol. The van der Waals surface area contributed by atoms with Crippen LogP contribution in [0.5, 0.6) is 0 Å². The number of H-pyrrole nitrogens is 1. The summed E-state index contributed by atoms with van der Waals surface area (Å²) in [5.74, 6) is -0.534. The van der Waals surface area contributed by atoms with Crippen LogP contribution in [0, 0.1) is 0 Å². The van der Waals surface area contributed by atoms with Crippen LogP contribution in [0.2, 0.25) is 0 Å². The third kappa shape index (κ3) is 2.79. The van der Waals surface area contributed by atoms with Crippen molar-refractivity contribution in [3.05, 3.63) is 40.2 Å². The number of carbonyl (C=O) groups is 1. The minimum Gasteiger partial charge on any atom is -0.396 e. The van der Waals surface area contributed by atoms with Gasteiger partial charge >= 0.3 is 0 Å². The van der Waals surface area contributed by atoms with Gasteiger partial charge in [-0.1, -0.05) is 12.1 Å². The number of aromatic nitrogens is 2. The monoisotopic (exact) mass is 261 g/mol. The highest BCUT2D eigenvalue weighted by Gasteiger charge is 2.16. The van der Waals surface area contributed by atoms with E-state index < -0.39 is 11.3 Å². The molecule has 0 saturated carbocycles. The van der Waals surface area contributed by atoms with E-state index in [9.17, 15) is 9.59 Å². The number of aliphatic hydroxyl groups excluding tert-OH is 1. The molecule has 6 heteroatoms. The van der Waals surface area contributed by atoms with Gasteiger partial charge in [-0.15, -0.1) is 0 Å². The van der Waals surface area contributed by atoms with Crippen molar-refractivity contribution >= 4 is 16.8 Å². The van der Waals surface area contributed by atoms with Gasteiger partial charge in [0, 0.05) is 18.0 Å². The number of nitrogens with zero attached hydrogens (tertiary/aromatic N) is 1. The number of rotatable bonds is 4. The lowest BCUT2D eigenvalue weighted by atomic mass is 10.2. The number of carbonyl (C=O) groups excluding carboxylic acids is 1. The molecule has 1 unspecified atom stereocenters. The molecular weight excluding hydrogens is 246 g/mol. The van der Waals surface area contributed by atoms with E-state index >= 15 is 0 Å². The molecule has 19 heavy (non-hydrogen) atoms. The van der Waals surface area contributed by atoms with Crippen LogP contribution < -0.4 is 10.7 Å². The molecule has 0 saturated heterocycles. The molecule has 1 amide bonds. The first kappa shape index (κ1) is 13.2. The largest absolute Gasteiger partial charge is 0.396 e. The van der Waals surface area contributed by atoms with Crippen molar-refractivity contribution in [2.45, 2.75) is 19.4 Å². The molecule has 6 nitrogen and oxygen atoms in total. The maximum atomic E-state index is 12.1. The normalized spacial score (nSPS) is 12.3. The van der Waals surface area contributed by atoms with Crippen LogP contribution in [-0.4, -0.2) is 33.9 Å². The molecule has 0 aliphatic rings. The molecule has 0 radical (unpaired) electrons. The highest BCUT2D eigenvalue weighted by Crippen LogP contribution is 2.05. The molecule has 1 aromatic heterocycles. The topological polar surface area (TPSA) is 95.1 Å². The summed E-state index contributed by atoms with van der Waals surface area (Å²) in [7, 11) is 0. The van der Waals surface area contributed by atoms with Gasteiger partial charge in [0.05, 0.1) is 5.52 Å². The Bertz CT molecular complexity index is 651. The van der Waals surface area contributed by atoms with E-state index in [2.05, 4.69) is 15.5 Å². The molecule has 0 aliphatic carbocycles. The summed E-state index contributed by atoms with van der Waals surface area (Å²) >= 11 is 0. The van der Waals surface area contributed by atoms with Crippen molar-refractivity contribution in [1.82, 2.24) is 15.5 Å². The van der Waals surface area contributed by atoms with Gasteiger partial charge in [-0.3, -0.25) is 14.7 Å². The molecule has 100 valence electrons. The second kappa shape index (κ2) is 5.62. The zero-order valence-electron chi connectivity index (χ0n) is 10.5. The van der Waals surface area contributed by atoms with Gasteiger partial charge in [-0.25, -0.2) is 0 Å². The molecule has 0 spiro atoms. The van der Waals surface area contributed by atoms with E-state index in [4.69, 9.17) is 5.11 Å². The summed E-state index contributed by atoms with van der Waals surface area (Å²) in [6, 6.07) is 6.66. The van der Waals surface area contributed by atoms with Crippen molar-refractivity contribution in [1.29, 1.82) is 0 Å². The Kier molecular flexibility index (Phi) is 3.91. The maximum Gasteiger partial charge on any atom is 0.276 e. The predicted octanol–water partition coefficient (Wildman–Crippen LogP) is 0.424. The molecule has 1 atom stereocenters. The molecule has 3 N–H and O–H groups in total. The van der Waals surface area contributed by atoms with E-state index in [1.165, 1.54) is 0 Å². The second-order valence-corrected chi connectivity index (χ2v) is 4.33. The predicted molar refractivity (Wildman–Crippen MR) is 71.0 cm³/mol. The van der Waals surface area contributed by atoms with Crippen molar-refractivity contribution < 1.29 is 9.90 Å². The second-order valence-electron chi connectivity index (χ2n) is 4.33. The zero-order valence-corrected chi connectivity index (χ0v) is 10.5. The number of para-hydroxylation sites is 1. The minimum atomic E-state index is -0.534. The molecule has 2 rings (SSSR count). The van der Waals surface area contributed by atoms with Crippen LogP contribution in [0.15, 0.2) is 29.1 Å². The Labute approximate surface area is 109 Å². The number of hydrogen-bond donors (Lipinski definition) is 3. The maximum absolute atomic E-state index is 12.1. The van der Waals surface area contributed by atoms with E-state index in [0.29, 0.717) is 17.3 Å². The Morgan fingerprint density at radius 3 is 2.95 bits per heavy atom.